The van der Waals surface area contributed by atoms with E-state index in [4.69, 9.17) is 0 Å². The summed E-state index contributed by atoms with van der Waals surface area (Å²) in [5, 5.41) is 0. The topological polar surface area (TPSA) is 12.9 Å². The second-order valence-electron chi connectivity index (χ2n) is 3.78. The lowest BCUT2D eigenvalue weighted by Crippen LogP contribution is -1.84. The van der Waals surface area contributed by atoms with Crippen LogP contribution in [0.1, 0.15) is 18.9 Å². The Morgan fingerprint density at radius 1 is 1.19 bits per heavy atom. The van der Waals surface area contributed by atoms with Crippen molar-refractivity contribution >= 4 is 5.57 Å². The fourth-order valence-electron chi connectivity index (χ4n) is 1.66. The lowest BCUT2D eigenvalue weighted by molar-refractivity contribution is 1.24. The van der Waals surface area contributed by atoms with Gasteiger partial charge in [0.15, 0.2) is 0 Å². The molecular weight excluding hydrogens is 194 g/mol. The first kappa shape index (κ1) is 10.6. The highest BCUT2D eigenvalue weighted by Gasteiger charge is 2.00. The van der Waals surface area contributed by atoms with Gasteiger partial charge in [-0.3, -0.25) is 4.98 Å². The summed E-state index contributed by atoms with van der Waals surface area (Å²) in [6, 6.07) is 12.5. The van der Waals surface area contributed by atoms with Crippen molar-refractivity contribution in [3.05, 3.63) is 60.9 Å². The molecule has 80 valence electrons. The Hall–Kier alpha value is -1.89. The second kappa shape index (κ2) is 4.75. The number of benzene rings is 1. The highest BCUT2D eigenvalue weighted by Crippen LogP contribution is 2.23. The van der Waals surface area contributed by atoms with E-state index in [0.29, 0.717) is 0 Å². The minimum absolute atomic E-state index is 0.983. The van der Waals surface area contributed by atoms with E-state index in [1.165, 1.54) is 16.7 Å². The molecule has 1 aromatic heterocycles. The van der Waals surface area contributed by atoms with E-state index in [1.807, 2.05) is 12.3 Å². The van der Waals surface area contributed by atoms with Gasteiger partial charge in [0.25, 0.3) is 0 Å². The van der Waals surface area contributed by atoms with Gasteiger partial charge in [0, 0.05) is 18.0 Å². The summed E-state index contributed by atoms with van der Waals surface area (Å²) in [5.74, 6) is 0. The number of hydrogen-bond donors (Lipinski definition) is 0. The van der Waals surface area contributed by atoms with Crippen molar-refractivity contribution in [3.8, 4) is 11.1 Å². The molecule has 1 heteroatoms. The summed E-state index contributed by atoms with van der Waals surface area (Å²) >= 11 is 0. The number of nitrogens with zero attached hydrogens (tertiary/aromatic N) is 1. The van der Waals surface area contributed by atoms with Crippen LogP contribution in [0.25, 0.3) is 16.7 Å². The summed E-state index contributed by atoms with van der Waals surface area (Å²) in [7, 11) is 0. The minimum atomic E-state index is 0.983. The van der Waals surface area contributed by atoms with Gasteiger partial charge in [0.05, 0.1) is 0 Å². The van der Waals surface area contributed by atoms with Crippen LogP contribution in [0, 0.1) is 0 Å². The van der Waals surface area contributed by atoms with Crippen molar-refractivity contribution in [2.75, 3.05) is 0 Å². The van der Waals surface area contributed by atoms with E-state index in [0.717, 1.165) is 12.0 Å². The van der Waals surface area contributed by atoms with Crippen LogP contribution in [0.15, 0.2) is 55.4 Å². The quantitative estimate of drug-likeness (QED) is 0.739. The number of allylic oxidation sites excluding steroid dienone is 1. The summed E-state index contributed by atoms with van der Waals surface area (Å²) in [4.78, 5) is 4.13. The molecule has 1 nitrogen and oxygen atoms in total. The average molecular weight is 209 g/mol. The van der Waals surface area contributed by atoms with Gasteiger partial charge in [0.1, 0.15) is 0 Å². The van der Waals surface area contributed by atoms with Crippen molar-refractivity contribution < 1.29 is 0 Å². The van der Waals surface area contributed by atoms with E-state index in [2.05, 4.69) is 48.8 Å². The smallest absolute Gasteiger partial charge is 0.0346 e. The molecule has 1 heterocycles. The third kappa shape index (κ3) is 2.19. The molecule has 0 N–H and O–H groups in total. The van der Waals surface area contributed by atoms with Gasteiger partial charge in [-0.25, -0.2) is 0 Å². The standard InChI is InChI=1S/C15H15N/c1-3-12(2)13-6-4-7-14(10-13)15-8-5-9-16-11-15/h4-11H,2-3H2,1H3. The zero-order chi connectivity index (χ0) is 11.4. The zero-order valence-electron chi connectivity index (χ0n) is 9.48. The molecule has 0 unspecified atom stereocenters. The molecule has 0 fully saturated rings. The van der Waals surface area contributed by atoms with Crippen LogP contribution in [0.5, 0.6) is 0 Å². The predicted octanol–water partition coefficient (Wildman–Crippen LogP) is 4.17. The van der Waals surface area contributed by atoms with Crippen molar-refractivity contribution in [3.63, 3.8) is 0 Å². The van der Waals surface area contributed by atoms with E-state index in [1.54, 1.807) is 6.20 Å². The van der Waals surface area contributed by atoms with Crippen LogP contribution in [-0.2, 0) is 0 Å². The van der Waals surface area contributed by atoms with E-state index in [-0.39, 0.29) is 0 Å². The Bertz CT molecular complexity index is 486. The third-order valence-corrected chi connectivity index (χ3v) is 2.69. The fourth-order valence-corrected chi connectivity index (χ4v) is 1.66. The highest BCUT2D eigenvalue weighted by atomic mass is 14.6. The number of rotatable bonds is 3. The molecule has 0 bridgehead atoms. The first-order valence-corrected chi connectivity index (χ1v) is 5.50. The Kier molecular flexibility index (Phi) is 3.16. The maximum absolute atomic E-state index is 4.13. The van der Waals surface area contributed by atoms with Crippen molar-refractivity contribution in [2.24, 2.45) is 0 Å². The van der Waals surface area contributed by atoms with Gasteiger partial charge in [-0.05, 0) is 35.3 Å². The monoisotopic (exact) mass is 209 g/mol. The summed E-state index contributed by atoms with van der Waals surface area (Å²) < 4.78 is 0. The lowest BCUT2D eigenvalue weighted by atomic mass is 10.00. The van der Waals surface area contributed by atoms with Gasteiger partial charge < -0.3 is 0 Å². The average Bonchev–Trinajstić information content (AvgIpc) is 2.39. The van der Waals surface area contributed by atoms with E-state index >= 15 is 0 Å². The fraction of sp³-hybridized carbons (Fsp3) is 0.133. The Balaban J connectivity index is 2.40. The number of hydrogen-bond acceptors (Lipinski definition) is 1. The summed E-state index contributed by atoms with van der Waals surface area (Å²) in [6.45, 7) is 6.19. The van der Waals surface area contributed by atoms with Gasteiger partial charge in [-0.1, -0.05) is 37.8 Å². The van der Waals surface area contributed by atoms with Gasteiger partial charge >= 0.3 is 0 Å². The van der Waals surface area contributed by atoms with Gasteiger partial charge in [-0.2, -0.15) is 0 Å². The summed E-state index contributed by atoms with van der Waals surface area (Å²) in [6.07, 6.45) is 4.66. The van der Waals surface area contributed by atoms with Crippen LogP contribution >= 0.6 is 0 Å². The number of pyridine rings is 1. The van der Waals surface area contributed by atoms with Crippen LogP contribution in [0.4, 0.5) is 0 Å². The summed E-state index contributed by atoms with van der Waals surface area (Å²) in [5.41, 5.74) is 4.73. The highest BCUT2D eigenvalue weighted by molar-refractivity contribution is 5.71. The molecule has 0 saturated carbocycles. The maximum atomic E-state index is 4.13. The second-order valence-corrected chi connectivity index (χ2v) is 3.78. The molecule has 1 aromatic carbocycles. The molecule has 0 saturated heterocycles. The Morgan fingerprint density at radius 2 is 2.00 bits per heavy atom. The minimum Gasteiger partial charge on any atom is -0.264 e. The molecule has 2 aromatic rings. The number of aromatic nitrogens is 1. The molecule has 0 amide bonds. The van der Waals surface area contributed by atoms with Crippen LogP contribution < -0.4 is 0 Å². The Morgan fingerprint density at radius 3 is 2.69 bits per heavy atom. The molecule has 16 heavy (non-hydrogen) atoms. The van der Waals surface area contributed by atoms with Crippen molar-refractivity contribution in [1.82, 2.24) is 4.98 Å². The molecule has 0 aliphatic rings. The molecule has 0 radical (unpaired) electrons. The van der Waals surface area contributed by atoms with Crippen molar-refractivity contribution in [2.45, 2.75) is 13.3 Å². The van der Waals surface area contributed by atoms with E-state index in [9.17, 15) is 0 Å². The molecule has 0 aliphatic carbocycles. The molecule has 2 rings (SSSR count). The maximum Gasteiger partial charge on any atom is 0.0346 e. The van der Waals surface area contributed by atoms with Gasteiger partial charge in [-0.15, -0.1) is 0 Å². The van der Waals surface area contributed by atoms with E-state index < -0.39 is 0 Å². The molecule has 0 atom stereocenters. The van der Waals surface area contributed by atoms with Gasteiger partial charge in [0.2, 0.25) is 0 Å². The Labute approximate surface area is 96.5 Å². The van der Waals surface area contributed by atoms with Crippen LogP contribution in [0.3, 0.4) is 0 Å². The third-order valence-electron chi connectivity index (χ3n) is 2.69. The molecular formula is C15H15N. The van der Waals surface area contributed by atoms with Crippen LogP contribution in [-0.4, -0.2) is 4.98 Å². The normalized spacial score (nSPS) is 10.1. The van der Waals surface area contributed by atoms with Crippen molar-refractivity contribution in [1.29, 1.82) is 0 Å². The first-order chi connectivity index (χ1) is 7.81. The molecule has 0 spiro atoms. The SMILES string of the molecule is C=C(CC)c1cccc(-c2cccnc2)c1. The van der Waals surface area contributed by atoms with Crippen LogP contribution in [0.2, 0.25) is 0 Å². The zero-order valence-corrected chi connectivity index (χ0v) is 9.48. The predicted molar refractivity (Wildman–Crippen MR) is 69.0 cm³/mol. The lowest BCUT2D eigenvalue weighted by Gasteiger charge is -2.06. The largest absolute Gasteiger partial charge is 0.264 e. The first-order valence-electron chi connectivity index (χ1n) is 5.50. The molecule has 0 aliphatic heterocycles.